The molecule has 1 aliphatic heterocycles. The number of para-hydroxylation sites is 3. The van der Waals surface area contributed by atoms with Gasteiger partial charge in [-0.1, -0.05) is 54.6 Å². The number of hydrogen-bond acceptors (Lipinski definition) is 1. The molecule has 2 heterocycles. The van der Waals surface area contributed by atoms with E-state index in [0.717, 1.165) is 6.54 Å². The fourth-order valence-corrected chi connectivity index (χ4v) is 3.88. The first-order chi connectivity index (χ1) is 11.9. The predicted molar refractivity (Wildman–Crippen MR) is 101 cm³/mol. The van der Waals surface area contributed by atoms with E-state index >= 15 is 0 Å². The van der Waals surface area contributed by atoms with Crippen molar-refractivity contribution >= 4 is 22.4 Å². The molecule has 0 amide bonds. The normalized spacial score (nSPS) is 12.5. The Hall–Kier alpha value is -3.00. The third-order valence-electron chi connectivity index (χ3n) is 4.91. The zero-order chi connectivity index (χ0) is 16.1. The van der Waals surface area contributed by atoms with Gasteiger partial charge < -0.3 is 4.90 Å². The average molecular weight is 310 g/mol. The van der Waals surface area contributed by atoms with Crippen LogP contribution in [0.5, 0.6) is 0 Å². The van der Waals surface area contributed by atoms with E-state index in [2.05, 4.69) is 95.3 Å². The fraction of sp³-hybridized carbons (Fsp3) is 0.0909. The summed E-state index contributed by atoms with van der Waals surface area (Å²) in [5.74, 6) is 1.23. The van der Waals surface area contributed by atoms with Gasteiger partial charge in [-0.3, -0.25) is 4.57 Å². The van der Waals surface area contributed by atoms with Crippen LogP contribution < -0.4 is 4.90 Å². The summed E-state index contributed by atoms with van der Waals surface area (Å²) in [6.07, 6.45) is 0. The van der Waals surface area contributed by atoms with Crippen LogP contribution in [0.4, 0.5) is 11.5 Å². The van der Waals surface area contributed by atoms with Gasteiger partial charge in [0.1, 0.15) is 5.82 Å². The maximum atomic E-state index is 2.41. The third-order valence-corrected chi connectivity index (χ3v) is 4.91. The number of nitrogens with zero attached hydrogens (tertiary/aromatic N) is 2. The van der Waals surface area contributed by atoms with Crippen LogP contribution in [-0.4, -0.2) is 11.1 Å². The van der Waals surface area contributed by atoms with Gasteiger partial charge in [-0.25, -0.2) is 0 Å². The number of rotatable bonds is 1. The molecular formula is C22H18N2. The standard InChI is InChI=1S/C22H18N2/c1-2-23-20-13-7-4-10-17(20)18-11-5-8-14-21(18)24-19-12-6-3-9-16(19)15-22(23)24/h3-15H,2H2,1H3. The average Bonchev–Trinajstić information content (AvgIpc) is 2.96. The molecule has 0 fully saturated rings. The molecule has 0 bridgehead atoms. The largest absolute Gasteiger partial charge is 0.327 e. The summed E-state index contributed by atoms with van der Waals surface area (Å²) in [6, 6.07) is 28.3. The minimum absolute atomic E-state index is 0.932. The lowest BCUT2D eigenvalue weighted by molar-refractivity contribution is 0.968. The molecule has 0 saturated carbocycles. The van der Waals surface area contributed by atoms with E-state index in [4.69, 9.17) is 0 Å². The van der Waals surface area contributed by atoms with E-state index in [-0.39, 0.29) is 0 Å². The zero-order valence-electron chi connectivity index (χ0n) is 13.6. The van der Waals surface area contributed by atoms with Crippen LogP contribution in [0.1, 0.15) is 6.92 Å². The van der Waals surface area contributed by atoms with Crippen molar-refractivity contribution in [1.29, 1.82) is 0 Å². The SMILES string of the molecule is CCN1c2ccccc2-c2ccccc2-n2c1cc1ccccc12. The van der Waals surface area contributed by atoms with Gasteiger partial charge in [-0.05, 0) is 31.2 Å². The molecule has 116 valence electrons. The van der Waals surface area contributed by atoms with Gasteiger partial charge in [0.25, 0.3) is 0 Å². The molecular weight excluding hydrogens is 292 g/mol. The highest BCUT2D eigenvalue weighted by Crippen LogP contribution is 2.44. The molecule has 0 unspecified atom stereocenters. The Labute approximate surface area is 141 Å². The molecule has 5 rings (SSSR count). The predicted octanol–water partition coefficient (Wildman–Crippen LogP) is 5.77. The highest BCUT2D eigenvalue weighted by molar-refractivity contribution is 5.96. The number of benzene rings is 3. The molecule has 0 N–H and O–H groups in total. The minimum atomic E-state index is 0.932. The zero-order valence-corrected chi connectivity index (χ0v) is 13.6. The Bertz CT molecular complexity index is 1060. The van der Waals surface area contributed by atoms with Gasteiger partial charge in [0, 0.05) is 23.1 Å². The van der Waals surface area contributed by atoms with Crippen LogP contribution in [0.3, 0.4) is 0 Å². The van der Waals surface area contributed by atoms with Gasteiger partial charge in [-0.2, -0.15) is 0 Å². The summed E-state index contributed by atoms with van der Waals surface area (Å²) in [4.78, 5) is 2.41. The monoisotopic (exact) mass is 310 g/mol. The summed E-state index contributed by atoms with van der Waals surface area (Å²) < 4.78 is 2.40. The molecule has 4 aromatic rings. The van der Waals surface area contributed by atoms with Crippen LogP contribution in [0.2, 0.25) is 0 Å². The van der Waals surface area contributed by atoms with Gasteiger partial charge in [0.2, 0.25) is 0 Å². The van der Waals surface area contributed by atoms with Crippen LogP contribution in [-0.2, 0) is 0 Å². The quantitative estimate of drug-likeness (QED) is 0.433. The van der Waals surface area contributed by atoms with Crippen LogP contribution >= 0.6 is 0 Å². The molecule has 0 spiro atoms. The highest BCUT2D eigenvalue weighted by Gasteiger charge is 2.24. The van der Waals surface area contributed by atoms with Crippen molar-refractivity contribution in [2.75, 3.05) is 11.4 Å². The molecule has 24 heavy (non-hydrogen) atoms. The van der Waals surface area contributed by atoms with Crippen LogP contribution in [0.15, 0.2) is 78.9 Å². The number of aromatic nitrogens is 1. The molecule has 2 nitrogen and oxygen atoms in total. The van der Waals surface area contributed by atoms with Gasteiger partial charge >= 0.3 is 0 Å². The van der Waals surface area contributed by atoms with E-state index in [1.54, 1.807) is 0 Å². The Morgan fingerprint density at radius 1 is 0.708 bits per heavy atom. The molecule has 1 aliphatic rings. The van der Waals surface area contributed by atoms with Crippen molar-refractivity contribution in [3.63, 3.8) is 0 Å². The maximum absolute atomic E-state index is 2.41. The first-order valence-electron chi connectivity index (χ1n) is 8.45. The summed E-state index contributed by atoms with van der Waals surface area (Å²) in [5.41, 5.74) is 6.35. The lowest BCUT2D eigenvalue weighted by Crippen LogP contribution is -2.18. The third kappa shape index (κ3) is 1.71. The van der Waals surface area contributed by atoms with Crippen molar-refractivity contribution in [3.8, 4) is 16.8 Å². The lowest BCUT2D eigenvalue weighted by atomic mass is 10.0. The Balaban J connectivity index is 1.99. The van der Waals surface area contributed by atoms with E-state index in [0.29, 0.717) is 0 Å². The molecule has 0 saturated heterocycles. The first-order valence-corrected chi connectivity index (χ1v) is 8.45. The first kappa shape index (κ1) is 13.4. The molecule has 3 aromatic carbocycles. The van der Waals surface area contributed by atoms with E-state index in [1.165, 1.54) is 39.2 Å². The number of anilines is 2. The topological polar surface area (TPSA) is 8.17 Å². The molecule has 0 aliphatic carbocycles. The number of fused-ring (bicyclic) bond motifs is 7. The van der Waals surface area contributed by atoms with Crippen molar-refractivity contribution in [2.45, 2.75) is 6.92 Å². The van der Waals surface area contributed by atoms with Crippen molar-refractivity contribution in [3.05, 3.63) is 78.9 Å². The molecule has 2 heteroatoms. The fourth-order valence-electron chi connectivity index (χ4n) is 3.88. The Morgan fingerprint density at radius 2 is 1.33 bits per heavy atom. The summed E-state index contributed by atoms with van der Waals surface area (Å²) in [6.45, 7) is 3.15. The van der Waals surface area contributed by atoms with Gasteiger partial charge in [0.15, 0.2) is 0 Å². The van der Waals surface area contributed by atoms with Crippen LogP contribution in [0.25, 0.3) is 27.7 Å². The summed E-state index contributed by atoms with van der Waals surface area (Å²) in [7, 11) is 0. The van der Waals surface area contributed by atoms with Gasteiger partial charge in [-0.15, -0.1) is 0 Å². The van der Waals surface area contributed by atoms with E-state index in [9.17, 15) is 0 Å². The van der Waals surface area contributed by atoms with Crippen molar-refractivity contribution in [2.24, 2.45) is 0 Å². The van der Waals surface area contributed by atoms with E-state index in [1.807, 2.05) is 0 Å². The van der Waals surface area contributed by atoms with E-state index < -0.39 is 0 Å². The highest BCUT2D eigenvalue weighted by atomic mass is 15.3. The van der Waals surface area contributed by atoms with Crippen molar-refractivity contribution < 1.29 is 0 Å². The van der Waals surface area contributed by atoms with Gasteiger partial charge in [0.05, 0.1) is 16.9 Å². The second-order valence-electron chi connectivity index (χ2n) is 6.18. The molecule has 1 aromatic heterocycles. The molecule has 0 atom stereocenters. The Morgan fingerprint density at radius 3 is 2.12 bits per heavy atom. The second kappa shape index (κ2) is 5.00. The van der Waals surface area contributed by atoms with Crippen molar-refractivity contribution in [1.82, 2.24) is 4.57 Å². The number of hydrogen-bond donors (Lipinski definition) is 0. The molecule has 0 radical (unpaired) electrons. The maximum Gasteiger partial charge on any atom is 0.118 e. The minimum Gasteiger partial charge on any atom is -0.327 e. The second-order valence-corrected chi connectivity index (χ2v) is 6.18. The smallest absolute Gasteiger partial charge is 0.118 e. The van der Waals surface area contributed by atoms with Crippen LogP contribution in [0, 0.1) is 0 Å². The summed E-state index contributed by atoms with van der Waals surface area (Å²) >= 11 is 0. The Kier molecular flexibility index (Phi) is 2.80. The lowest BCUT2D eigenvalue weighted by Gasteiger charge is -2.23. The summed E-state index contributed by atoms with van der Waals surface area (Å²) in [5, 5.41) is 1.28.